The Bertz CT molecular complexity index is 276. The number of carbonyl (C=O) groups excluding carboxylic acids is 3. The van der Waals surface area contributed by atoms with Crippen LogP contribution in [-0.4, -0.2) is 17.8 Å². The van der Waals surface area contributed by atoms with Gasteiger partial charge in [-0.2, -0.15) is 0 Å². The van der Waals surface area contributed by atoms with Gasteiger partial charge in [-0.1, -0.05) is 13.0 Å². The molecule has 4 amide bonds. The van der Waals surface area contributed by atoms with Crippen LogP contribution in [0.1, 0.15) is 13.3 Å². The summed E-state index contributed by atoms with van der Waals surface area (Å²) in [5.74, 6) is -1.22. The van der Waals surface area contributed by atoms with E-state index in [0.717, 1.165) is 0 Å². The van der Waals surface area contributed by atoms with E-state index in [0.29, 0.717) is 0 Å². The number of barbiturate groups is 1. The van der Waals surface area contributed by atoms with E-state index in [4.69, 9.17) is 0 Å². The first-order valence-corrected chi connectivity index (χ1v) is 3.87. The second-order valence-corrected chi connectivity index (χ2v) is 2.77. The maximum atomic E-state index is 11.3. The summed E-state index contributed by atoms with van der Waals surface area (Å²) in [5.41, 5.74) is -1.30. The van der Waals surface area contributed by atoms with Crippen molar-refractivity contribution < 1.29 is 14.4 Å². The molecule has 13 heavy (non-hydrogen) atoms. The molecule has 0 aliphatic carbocycles. The molecule has 0 unspecified atom stereocenters. The third-order valence-electron chi connectivity index (χ3n) is 2.17. The molecular weight excluding hydrogens is 172 g/mol. The van der Waals surface area contributed by atoms with Gasteiger partial charge in [0, 0.05) is 0 Å². The van der Waals surface area contributed by atoms with E-state index in [9.17, 15) is 14.4 Å². The fourth-order valence-electron chi connectivity index (χ4n) is 1.21. The Labute approximate surface area is 75.2 Å². The number of hydrogen-bond donors (Lipinski definition) is 2. The Hall–Kier alpha value is -1.65. The van der Waals surface area contributed by atoms with Gasteiger partial charge in [0.25, 0.3) is 0 Å². The van der Waals surface area contributed by atoms with Crippen LogP contribution in [-0.2, 0) is 9.59 Å². The predicted octanol–water partition coefficient (Wildman–Crippen LogP) is -0.0652. The fraction of sp³-hybridized carbons (Fsp3) is 0.375. The van der Waals surface area contributed by atoms with Gasteiger partial charge in [-0.15, -0.1) is 6.58 Å². The first kappa shape index (κ1) is 9.44. The molecule has 1 rings (SSSR count). The first-order chi connectivity index (χ1) is 6.06. The molecule has 1 saturated heterocycles. The maximum absolute atomic E-state index is 11.3. The number of imide groups is 2. The molecule has 0 aromatic rings. The van der Waals surface area contributed by atoms with E-state index >= 15 is 0 Å². The van der Waals surface area contributed by atoms with Crippen LogP contribution in [0.3, 0.4) is 0 Å². The van der Waals surface area contributed by atoms with Crippen LogP contribution in [0.25, 0.3) is 0 Å². The molecule has 5 heteroatoms. The minimum atomic E-state index is -1.30. The molecule has 5 nitrogen and oxygen atoms in total. The summed E-state index contributed by atoms with van der Waals surface area (Å²) in [5, 5.41) is 4.04. The van der Waals surface area contributed by atoms with Gasteiger partial charge in [0.15, 0.2) is 0 Å². The lowest BCUT2D eigenvalue weighted by molar-refractivity contribution is -0.141. The van der Waals surface area contributed by atoms with Crippen LogP contribution in [0.2, 0.25) is 0 Å². The Kier molecular flexibility index (Phi) is 2.18. The highest BCUT2D eigenvalue weighted by Crippen LogP contribution is 2.25. The third-order valence-corrected chi connectivity index (χ3v) is 2.17. The quantitative estimate of drug-likeness (QED) is 0.464. The van der Waals surface area contributed by atoms with Gasteiger partial charge in [-0.25, -0.2) is 4.79 Å². The molecule has 2 N–H and O–H groups in total. The summed E-state index contributed by atoms with van der Waals surface area (Å²) in [7, 11) is 0. The third kappa shape index (κ3) is 1.22. The van der Waals surface area contributed by atoms with Crippen LogP contribution in [0.15, 0.2) is 12.7 Å². The molecule has 1 aliphatic heterocycles. The topological polar surface area (TPSA) is 75.3 Å². The van der Waals surface area contributed by atoms with Crippen molar-refractivity contribution in [1.82, 2.24) is 10.6 Å². The molecule has 1 fully saturated rings. The SMILES string of the molecule is C=CC1(CC)C(=O)NC(=O)NC1=O. The van der Waals surface area contributed by atoms with Gasteiger partial charge in [0.2, 0.25) is 11.8 Å². The monoisotopic (exact) mass is 182 g/mol. The highest BCUT2D eigenvalue weighted by atomic mass is 16.2. The highest BCUT2D eigenvalue weighted by molar-refractivity contribution is 6.20. The highest BCUT2D eigenvalue weighted by Gasteiger charge is 2.46. The van der Waals surface area contributed by atoms with Crippen LogP contribution in [0.4, 0.5) is 4.79 Å². The minimum Gasteiger partial charge on any atom is -0.277 e. The fourth-order valence-corrected chi connectivity index (χ4v) is 1.21. The van der Waals surface area contributed by atoms with Crippen molar-refractivity contribution in [3.8, 4) is 0 Å². The van der Waals surface area contributed by atoms with Crippen molar-refractivity contribution in [3.05, 3.63) is 12.7 Å². The largest absolute Gasteiger partial charge is 0.328 e. The van der Waals surface area contributed by atoms with Gasteiger partial charge < -0.3 is 0 Å². The Morgan fingerprint density at radius 3 is 2.08 bits per heavy atom. The number of amides is 4. The molecule has 0 atom stereocenters. The number of carbonyl (C=O) groups is 3. The number of urea groups is 1. The molecule has 0 spiro atoms. The molecule has 1 aliphatic rings. The molecular formula is C8H10N2O3. The van der Waals surface area contributed by atoms with Crippen molar-refractivity contribution in [3.63, 3.8) is 0 Å². The van der Waals surface area contributed by atoms with Gasteiger partial charge in [0.05, 0.1) is 0 Å². The van der Waals surface area contributed by atoms with E-state index in [-0.39, 0.29) is 6.42 Å². The van der Waals surface area contributed by atoms with Crippen molar-refractivity contribution in [2.75, 3.05) is 0 Å². The molecule has 0 aromatic heterocycles. The van der Waals surface area contributed by atoms with Crippen molar-refractivity contribution in [2.24, 2.45) is 5.41 Å². The molecule has 1 heterocycles. The molecule has 70 valence electrons. The molecule has 0 radical (unpaired) electrons. The maximum Gasteiger partial charge on any atom is 0.328 e. The standard InChI is InChI=1S/C8H10N2O3/c1-3-8(4-2)5(11)9-7(13)10-6(8)12/h3H,1,4H2,2H3,(H2,9,10,11,12,13). The van der Waals surface area contributed by atoms with Crippen LogP contribution in [0, 0.1) is 5.41 Å². The molecule has 0 saturated carbocycles. The zero-order valence-corrected chi connectivity index (χ0v) is 7.22. The van der Waals surface area contributed by atoms with Crippen LogP contribution < -0.4 is 10.6 Å². The Morgan fingerprint density at radius 2 is 1.77 bits per heavy atom. The number of hydrogen-bond acceptors (Lipinski definition) is 3. The second-order valence-electron chi connectivity index (χ2n) is 2.77. The Balaban J connectivity index is 3.08. The summed E-state index contributed by atoms with van der Waals surface area (Å²) in [6, 6.07) is -0.777. The number of nitrogens with one attached hydrogen (secondary N) is 2. The summed E-state index contributed by atoms with van der Waals surface area (Å²) in [6.07, 6.45) is 1.53. The van der Waals surface area contributed by atoms with E-state index in [2.05, 4.69) is 6.58 Å². The van der Waals surface area contributed by atoms with E-state index in [1.807, 2.05) is 10.6 Å². The lowest BCUT2D eigenvalue weighted by Gasteiger charge is -2.29. The number of rotatable bonds is 2. The smallest absolute Gasteiger partial charge is 0.277 e. The van der Waals surface area contributed by atoms with Crippen molar-refractivity contribution >= 4 is 17.8 Å². The first-order valence-electron chi connectivity index (χ1n) is 3.87. The van der Waals surface area contributed by atoms with E-state index in [1.54, 1.807) is 6.92 Å². The minimum absolute atomic E-state index is 0.279. The zero-order valence-electron chi connectivity index (χ0n) is 7.22. The zero-order chi connectivity index (χ0) is 10.1. The lowest BCUT2D eigenvalue weighted by Crippen LogP contribution is -2.61. The van der Waals surface area contributed by atoms with E-state index < -0.39 is 23.3 Å². The lowest BCUT2D eigenvalue weighted by atomic mass is 9.82. The normalized spacial score (nSPS) is 20.5. The van der Waals surface area contributed by atoms with Gasteiger partial charge in [-0.05, 0) is 6.42 Å². The van der Waals surface area contributed by atoms with Gasteiger partial charge in [0.1, 0.15) is 5.41 Å². The predicted molar refractivity (Wildman–Crippen MR) is 44.6 cm³/mol. The van der Waals surface area contributed by atoms with Crippen molar-refractivity contribution in [1.29, 1.82) is 0 Å². The summed E-state index contributed by atoms with van der Waals surface area (Å²) < 4.78 is 0. The van der Waals surface area contributed by atoms with E-state index in [1.165, 1.54) is 6.08 Å². The summed E-state index contributed by atoms with van der Waals surface area (Å²) in [4.78, 5) is 33.4. The molecule has 0 aromatic carbocycles. The second kappa shape index (κ2) is 3.01. The summed E-state index contributed by atoms with van der Waals surface area (Å²) >= 11 is 0. The average molecular weight is 182 g/mol. The average Bonchev–Trinajstić information content (AvgIpc) is 2.05. The summed E-state index contributed by atoms with van der Waals surface area (Å²) in [6.45, 7) is 5.10. The van der Waals surface area contributed by atoms with Crippen LogP contribution in [0.5, 0.6) is 0 Å². The van der Waals surface area contributed by atoms with Crippen LogP contribution >= 0.6 is 0 Å². The van der Waals surface area contributed by atoms with Crippen molar-refractivity contribution in [2.45, 2.75) is 13.3 Å². The van der Waals surface area contributed by atoms with Gasteiger partial charge in [-0.3, -0.25) is 20.2 Å². The Morgan fingerprint density at radius 1 is 1.31 bits per heavy atom. The van der Waals surface area contributed by atoms with Gasteiger partial charge >= 0.3 is 6.03 Å². The molecule has 0 bridgehead atoms.